The Labute approximate surface area is 183 Å². The first-order valence-electron chi connectivity index (χ1n) is 9.30. The molecule has 0 radical (unpaired) electrons. The quantitative estimate of drug-likeness (QED) is 0.541. The molecule has 0 heterocycles. The van der Waals surface area contributed by atoms with Crippen LogP contribution in [0.1, 0.15) is 21.5 Å². The summed E-state index contributed by atoms with van der Waals surface area (Å²) in [4.78, 5) is 12.2. The van der Waals surface area contributed by atoms with E-state index in [9.17, 15) is 26.4 Å². The molecule has 6 nitrogen and oxygen atoms in total. The van der Waals surface area contributed by atoms with E-state index in [0.29, 0.717) is 11.4 Å². The van der Waals surface area contributed by atoms with E-state index in [4.69, 9.17) is 4.74 Å². The van der Waals surface area contributed by atoms with E-state index in [1.54, 1.807) is 24.3 Å². The maximum atomic E-state index is 12.8. The van der Waals surface area contributed by atoms with Crippen LogP contribution in [0.4, 0.5) is 18.9 Å². The van der Waals surface area contributed by atoms with Crippen LogP contribution < -0.4 is 14.8 Å². The highest BCUT2D eigenvalue weighted by Gasteiger charge is 2.30. The van der Waals surface area contributed by atoms with Gasteiger partial charge in [0.15, 0.2) is 0 Å². The molecule has 3 aromatic rings. The van der Waals surface area contributed by atoms with Crippen molar-refractivity contribution in [2.75, 3.05) is 11.8 Å². The molecule has 3 aromatic carbocycles. The lowest BCUT2D eigenvalue weighted by atomic mass is 10.1. The molecule has 10 heteroatoms. The summed E-state index contributed by atoms with van der Waals surface area (Å²) in [6.45, 7) is -0.109. The summed E-state index contributed by atoms with van der Waals surface area (Å²) in [5.74, 6) is 0.0305. The van der Waals surface area contributed by atoms with Crippen LogP contribution in [0.3, 0.4) is 0 Å². The molecule has 2 N–H and O–H groups in total. The van der Waals surface area contributed by atoms with Gasteiger partial charge in [0, 0.05) is 17.8 Å². The minimum atomic E-state index is -4.47. The second-order valence-electron chi connectivity index (χ2n) is 6.74. The van der Waals surface area contributed by atoms with Crippen molar-refractivity contribution < 1.29 is 31.1 Å². The molecule has 0 aliphatic rings. The molecule has 0 saturated carbocycles. The van der Waals surface area contributed by atoms with Crippen LogP contribution in [0.2, 0.25) is 0 Å². The summed E-state index contributed by atoms with van der Waals surface area (Å²) in [7, 11) is -2.38. The maximum Gasteiger partial charge on any atom is 0.416 e. The van der Waals surface area contributed by atoms with Gasteiger partial charge in [0.05, 0.1) is 17.6 Å². The maximum absolute atomic E-state index is 12.8. The van der Waals surface area contributed by atoms with E-state index in [1.165, 1.54) is 43.5 Å². The molecule has 0 saturated heterocycles. The third kappa shape index (κ3) is 5.79. The van der Waals surface area contributed by atoms with Crippen molar-refractivity contribution in [2.45, 2.75) is 17.6 Å². The molecule has 168 valence electrons. The second kappa shape index (κ2) is 9.31. The van der Waals surface area contributed by atoms with Crippen LogP contribution in [0.5, 0.6) is 5.75 Å². The van der Waals surface area contributed by atoms with Crippen LogP contribution in [0.25, 0.3) is 0 Å². The van der Waals surface area contributed by atoms with E-state index < -0.39 is 27.7 Å². The van der Waals surface area contributed by atoms with E-state index in [2.05, 4.69) is 10.0 Å². The normalized spacial score (nSPS) is 11.6. The third-order valence-electron chi connectivity index (χ3n) is 4.48. The Hall–Kier alpha value is -3.53. The predicted octanol–water partition coefficient (Wildman–Crippen LogP) is 4.44. The van der Waals surface area contributed by atoms with Crippen LogP contribution >= 0.6 is 0 Å². The number of carbonyl (C=O) groups excluding carboxylic acids is 1. The average Bonchev–Trinajstić information content (AvgIpc) is 2.77. The first-order chi connectivity index (χ1) is 15.1. The van der Waals surface area contributed by atoms with Gasteiger partial charge in [-0.25, -0.2) is 8.42 Å². The van der Waals surface area contributed by atoms with Gasteiger partial charge in [0.25, 0.3) is 15.9 Å². The predicted molar refractivity (Wildman–Crippen MR) is 113 cm³/mol. The van der Waals surface area contributed by atoms with Gasteiger partial charge < -0.3 is 10.1 Å². The number of hydrogen-bond donors (Lipinski definition) is 2. The second-order valence-corrected chi connectivity index (χ2v) is 8.42. The van der Waals surface area contributed by atoms with Gasteiger partial charge in [-0.1, -0.05) is 12.1 Å². The summed E-state index contributed by atoms with van der Waals surface area (Å²) in [5.41, 5.74) is -0.00619. The van der Waals surface area contributed by atoms with E-state index in [-0.39, 0.29) is 22.6 Å². The molecular weight excluding hydrogens is 445 g/mol. The highest BCUT2D eigenvalue weighted by atomic mass is 32.2. The molecule has 0 unspecified atom stereocenters. The number of anilines is 1. The van der Waals surface area contributed by atoms with Crippen molar-refractivity contribution in [1.82, 2.24) is 5.32 Å². The van der Waals surface area contributed by atoms with Gasteiger partial charge in [-0.2, -0.15) is 13.2 Å². The molecule has 0 fully saturated rings. The van der Waals surface area contributed by atoms with Crippen molar-refractivity contribution >= 4 is 21.6 Å². The Morgan fingerprint density at radius 1 is 0.969 bits per heavy atom. The lowest BCUT2D eigenvalue weighted by Crippen LogP contribution is -2.23. The summed E-state index contributed by atoms with van der Waals surface area (Å²) in [6.07, 6.45) is -4.47. The highest BCUT2D eigenvalue weighted by molar-refractivity contribution is 7.92. The van der Waals surface area contributed by atoms with Gasteiger partial charge in [0.2, 0.25) is 0 Å². The summed E-state index contributed by atoms with van der Waals surface area (Å²) in [6, 6.07) is 16.1. The summed E-state index contributed by atoms with van der Waals surface area (Å²) < 4.78 is 70.9. The number of benzene rings is 3. The Morgan fingerprint density at radius 3 is 2.22 bits per heavy atom. The van der Waals surface area contributed by atoms with E-state index in [0.717, 1.165) is 12.1 Å². The van der Waals surface area contributed by atoms with Gasteiger partial charge >= 0.3 is 6.18 Å². The highest BCUT2D eigenvalue weighted by Crippen LogP contribution is 2.29. The number of methoxy groups -OCH3 is 1. The molecule has 1 amide bonds. The first-order valence-corrected chi connectivity index (χ1v) is 10.8. The molecule has 3 rings (SSSR count). The minimum Gasteiger partial charge on any atom is -0.497 e. The van der Waals surface area contributed by atoms with Crippen molar-refractivity contribution in [2.24, 2.45) is 0 Å². The van der Waals surface area contributed by atoms with Gasteiger partial charge in [-0.3, -0.25) is 9.52 Å². The van der Waals surface area contributed by atoms with E-state index >= 15 is 0 Å². The Balaban J connectivity index is 1.64. The number of sulfonamides is 1. The average molecular weight is 464 g/mol. The fourth-order valence-corrected chi connectivity index (χ4v) is 3.86. The van der Waals surface area contributed by atoms with Gasteiger partial charge in [-0.15, -0.1) is 0 Å². The van der Waals surface area contributed by atoms with Gasteiger partial charge in [-0.05, 0) is 66.2 Å². The minimum absolute atomic E-state index is 0.0530. The number of halogens is 3. The SMILES string of the molecule is COc1ccc(NS(=O)(=O)c2ccc(C(=O)NCc3cccc(C(F)(F)F)c3)cc2)cc1. The Kier molecular flexibility index (Phi) is 6.73. The molecular formula is C22H19F3N2O4S. The molecule has 0 aliphatic heterocycles. The van der Waals surface area contributed by atoms with Gasteiger partial charge in [0.1, 0.15) is 5.75 Å². The van der Waals surface area contributed by atoms with Crippen LogP contribution in [0, 0.1) is 0 Å². The fourth-order valence-electron chi connectivity index (χ4n) is 2.80. The van der Waals surface area contributed by atoms with Crippen LogP contribution in [0.15, 0.2) is 77.7 Å². The standard InChI is InChI=1S/C22H19F3N2O4S/c1-31-19-9-7-18(8-10-19)27-32(29,30)20-11-5-16(6-12-20)21(28)26-14-15-3-2-4-17(13-15)22(23,24)25/h2-13,27H,14H2,1H3,(H,26,28). The zero-order chi connectivity index (χ0) is 23.4. The number of nitrogens with one attached hydrogen (secondary N) is 2. The Morgan fingerprint density at radius 2 is 1.62 bits per heavy atom. The third-order valence-corrected chi connectivity index (χ3v) is 5.87. The van der Waals surface area contributed by atoms with E-state index in [1.807, 2.05) is 0 Å². The molecule has 32 heavy (non-hydrogen) atoms. The smallest absolute Gasteiger partial charge is 0.416 e. The number of ether oxygens (including phenoxy) is 1. The van der Waals surface area contributed by atoms with Crippen molar-refractivity contribution in [3.63, 3.8) is 0 Å². The fraction of sp³-hybridized carbons (Fsp3) is 0.136. The largest absolute Gasteiger partial charge is 0.497 e. The van der Waals surface area contributed by atoms with Crippen molar-refractivity contribution in [3.8, 4) is 5.75 Å². The zero-order valence-electron chi connectivity index (χ0n) is 16.8. The summed E-state index contributed by atoms with van der Waals surface area (Å²) in [5, 5.41) is 2.52. The molecule has 0 bridgehead atoms. The van der Waals surface area contributed by atoms with Crippen molar-refractivity contribution in [1.29, 1.82) is 0 Å². The molecule has 0 atom stereocenters. The number of carbonyl (C=O) groups is 1. The zero-order valence-corrected chi connectivity index (χ0v) is 17.6. The number of rotatable bonds is 7. The van der Waals surface area contributed by atoms with Crippen LogP contribution in [-0.4, -0.2) is 21.4 Å². The van der Waals surface area contributed by atoms with Crippen molar-refractivity contribution in [3.05, 3.63) is 89.5 Å². The monoisotopic (exact) mass is 464 g/mol. The summed E-state index contributed by atoms with van der Waals surface area (Å²) >= 11 is 0. The first kappa shape index (κ1) is 23.1. The molecule has 0 aromatic heterocycles. The topological polar surface area (TPSA) is 84.5 Å². The Bertz CT molecular complexity index is 1190. The lowest BCUT2D eigenvalue weighted by Gasteiger charge is -2.11. The number of amides is 1. The molecule has 0 spiro atoms. The molecule has 0 aliphatic carbocycles. The number of alkyl halides is 3. The van der Waals surface area contributed by atoms with Crippen LogP contribution in [-0.2, 0) is 22.7 Å². The number of hydrogen-bond acceptors (Lipinski definition) is 4. The lowest BCUT2D eigenvalue weighted by molar-refractivity contribution is -0.137.